The lowest BCUT2D eigenvalue weighted by Crippen LogP contribution is -2.13. The number of methoxy groups -OCH3 is 1. The van der Waals surface area contributed by atoms with E-state index in [9.17, 15) is 9.59 Å². The number of nitrogens with one attached hydrogen (secondary N) is 1. The number of Topliss-reactive ketones (excluding diaryl/α,β-unsaturated/α-hetero) is 2. The molecule has 176 valence electrons. The smallest absolute Gasteiger partial charge is 0.179 e. The number of aromatic amines is 1. The van der Waals surface area contributed by atoms with Crippen molar-refractivity contribution in [3.8, 4) is 22.9 Å². The van der Waals surface area contributed by atoms with Gasteiger partial charge in [0.25, 0.3) is 0 Å². The summed E-state index contributed by atoms with van der Waals surface area (Å²) in [5.41, 5.74) is 4.24. The van der Waals surface area contributed by atoms with Crippen molar-refractivity contribution in [2.45, 2.75) is 12.5 Å². The number of carbonyl (C=O) groups is 2. The molecule has 2 heterocycles. The van der Waals surface area contributed by atoms with Crippen LogP contribution in [0.2, 0.25) is 0 Å². The number of carbonyl (C=O) groups excluding carboxylic acids is 2. The molecule has 6 rings (SSSR count). The van der Waals surface area contributed by atoms with E-state index >= 15 is 0 Å². The van der Waals surface area contributed by atoms with Gasteiger partial charge in [-0.05, 0) is 47.5 Å². The van der Waals surface area contributed by atoms with Gasteiger partial charge in [0.15, 0.2) is 11.6 Å². The van der Waals surface area contributed by atoms with E-state index in [1.807, 2.05) is 42.5 Å². The number of ketones is 2. The van der Waals surface area contributed by atoms with Gasteiger partial charge < -0.3 is 14.5 Å². The van der Waals surface area contributed by atoms with Gasteiger partial charge in [-0.25, -0.2) is 4.98 Å². The number of nitrogens with zero attached hydrogens (tertiary/aromatic N) is 2. The minimum atomic E-state index is -0.983. The third-order valence-electron chi connectivity index (χ3n) is 6.40. The van der Waals surface area contributed by atoms with Crippen molar-refractivity contribution in [3.63, 3.8) is 0 Å². The molecule has 0 saturated carbocycles. The zero-order valence-corrected chi connectivity index (χ0v) is 19.4. The largest absolute Gasteiger partial charge is 0.494 e. The summed E-state index contributed by atoms with van der Waals surface area (Å²) in [5.74, 6) is 0.194. The second-order valence-electron chi connectivity index (χ2n) is 8.55. The number of H-pyrrole nitrogens is 1. The van der Waals surface area contributed by atoms with Gasteiger partial charge in [0.2, 0.25) is 0 Å². The van der Waals surface area contributed by atoms with Gasteiger partial charge in [-0.15, -0.1) is 0 Å². The maximum absolute atomic E-state index is 13.6. The molecular weight excluding hydrogens is 454 g/mol. The van der Waals surface area contributed by atoms with E-state index in [-0.39, 0.29) is 11.6 Å². The average molecular weight is 476 g/mol. The number of fused-ring (bicyclic) bond motifs is 2. The van der Waals surface area contributed by atoms with Crippen LogP contribution in [-0.2, 0) is 6.61 Å². The van der Waals surface area contributed by atoms with Gasteiger partial charge in [-0.3, -0.25) is 14.6 Å². The summed E-state index contributed by atoms with van der Waals surface area (Å²) < 4.78 is 11.4. The summed E-state index contributed by atoms with van der Waals surface area (Å²) >= 11 is 0. The molecule has 36 heavy (non-hydrogen) atoms. The molecule has 1 N–H and O–H groups in total. The molecule has 0 saturated heterocycles. The van der Waals surface area contributed by atoms with Crippen LogP contribution in [0, 0.1) is 0 Å². The van der Waals surface area contributed by atoms with Crippen LogP contribution in [0.3, 0.4) is 0 Å². The van der Waals surface area contributed by atoms with Gasteiger partial charge in [0, 0.05) is 29.1 Å². The van der Waals surface area contributed by atoms with Crippen molar-refractivity contribution >= 4 is 22.6 Å². The van der Waals surface area contributed by atoms with Crippen molar-refractivity contribution < 1.29 is 19.1 Å². The Morgan fingerprint density at radius 3 is 2.53 bits per heavy atom. The number of ether oxygens (including phenoxy) is 2. The number of pyridine rings is 1. The van der Waals surface area contributed by atoms with E-state index in [1.165, 1.54) is 0 Å². The molecule has 7 nitrogen and oxygen atoms in total. The fourth-order valence-electron chi connectivity index (χ4n) is 4.62. The lowest BCUT2D eigenvalue weighted by molar-refractivity contribution is 0.0890. The number of aromatic nitrogens is 3. The Balaban J connectivity index is 1.37. The summed E-state index contributed by atoms with van der Waals surface area (Å²) in [5, 5.41) is 0. The molecule has 3 aromatic carbocycles. The molecule has 0 aliphatic heterocycles. The highest BCUT2D eigenvalue weighted by molar-refractivity contribution is 6.30. The highest BCUT2D eigenvalue weighted by Crippen LogP contribution is 2.40. The first-order chi connectivity index (χ1) is 17.6. The molecule has 0 radical (unpaired) electrons. The molecule has 0 bridgehead atoms. The molecule has 0 spiro atoms. The topological polar surface area (TPSA) is 94.2 Å². The SMILES string of the molecule is COc1ccc(C2C(=O)c3ccc(OCc4ccccc4)cc3C2=O)c2nc(-c3cccnc3)[nH]c12. The van der Waals surface area contributed by atoms with Crippen LogP contribution in [0.4, 0.5) is 0 Å². The highest BCUT2D eigenvalue weighted by Gasteiger charge is 2.41. The number of imidazole rings is 1. The van der Waals surface area contributed by atoms with Crippen molar-refractivity contribution in [1.29, 1.82) is 0 Å². The Hall–Kier alpha value is -4.78. The Bertz CT molecular complexity index is 1610. The maximum atomic E-state index is 13.6. The van der Waals surface area contributed by atoms with E-state index in [4.69, 9.17) is 14.5 Å². The zero-order chi connectivity index (χ0) is 24.6. The minimum Gasteiger partial charge on any atom is -0.494 e. The monoisotopic (exact) mass is 475 g/mol. The first-order valence-electron chi connectivity index (χ1n) is 11.5. The van der Waals surface area contributed by atoms with Crippen LogP contribution < -0.4 is 9.47 Å². The third-order valence-corrected chi connectivity index (χ3v) is 6.40. The van der Waals surface area contributed by atoms with Crippen molar-refractivity contribution in [1.82, 2.24) is 15.0 Å². The van der Waals surface area contributed by atoms with Crippen LogP contribution in [0.5, 0.6) is 11.5 Å². The van der Waals surface area contributed by atoms with Crippen LogP contribution in [0.1, 0.15) is 37.8 Å². The lowest BCUT2D eigenvalue weighted by Gasteiger charge is -2.10. The number of hydrogen-bond acceptors (Lipinski definition) is 6. The van der Waals surface area contributed by atoms with Gasteiger partial charge in [-0.2, -0.15) is 0 Å². The first-order valence-corrected chi connectivity index (χ1v) is 11.5. The van der Waals surface area contributed by atoms with Crippen LogP contribution in [0.15, 0.2) is 85.2 Å². The second-order valence-corrected chi connectivity index (χ2v) is 8.55. The number of rotatable bonds is 6. The number of benzene rings is 3. The van der Waals surface area contributed by atoms with Gasteiger partial charge in [0.1, 0.15) is 35.4 Å². The highest BCUT2D eigenvalue weighted by atomic mass is 16.5. The predicted octanol–water partition coefficient (Wildman–Crippen LogP) is 5.38. The fourth-order valence-corrected chi connectivity index (χ4v) is 4.62. The Labute approximate surface area is 206 Å². The van der Waals surface area contributed by atoms with E-state index < -0.39 is 5.92 Å². The lowest BCUT2D eigenvalue weighted by atomic mass is 9.93. The van der Waals surface area contributed by atoms with E-state index in [0.717, 1.165) is 11.1 Å². The molecule has 0 amide bonds. The van der Waals surface area contributed by atoms with Gasteiger partial charge >= 0.3 is 0 Å². The van der Waals surface area contributed by atoms with Crippen LogP contribution in [0.25, 0.3) is 22.4 Å². The van der Waals surface area contributed by atoms with Gasteiger partial charge in [0.05, 0.1) is 12.6 Å². The molecule has 2 aromatic heterocycles. The standard InChI is InChI=1S/C29H21N3O4/c1-35-23-12-11-21(25-26(23)32-29(31-25)18-8-5-13-30-15-18)24-27(33)20-10-9-19(14-22(20)28(24)34)36-16-17-6-3-2-4-7-17/h2-15,24H,16H2,1H3,(H,31,32). The molecule has 1 unspecified atom stereocenters. The van der Waals surface area contributed by atoms with Crippen molar-refractivity contribution in [2.24, 2.45) is 0 Å². The quantitative estimate of drug-likeness (QED) is 0.332. The molecule has 7 heteroatoms. The first kappa shape index (κ1) is 21.7. The molecular formula is C29H21N3O4. The molecule has 0 fully saturated rings. The zero-order valence-electron chi connectivity index (χ0n) is 19.4. The fraction of sp³-hybridized carbons (Fsp3) is 0.103. The van der Waals surface area contributed by atoms with E-state index in [0.29, 0.717) is 51.7 Å². The van der Waals surface area contributed by atoms with Crippen LogP contribution >= 0.6 is 0 Å². The number of hydrogen-bond donors (Lipinski definition) is 1. The second kappa shape index (κ2) is 8.78. The summed E-state index contributed by atoms with van der Waals surface area (Å²) in [7, 11) is 1.57. The molecule has 1 atom stereocenters. The van der Waals surface area contributed by atoms with E-state index in [1.54, 1.807) is 49.8 Å². The molecule has 1 aliphatic rings. The third kappa shape index (κ3) is 3.62. The molecule has 1 aliphatic carbocycles. The molecule has 5 aromatic rings. The van der Waals surface area contributed by atoms with Gasteiger partial charge in [-0.1, -0.05) is 36.4 Å². The maximum Gasteiger partial charge on any atom is 0.179 e. The summed E-state index contributed by atoms with van der Waals surface area (Å²) in [6, 6.07) is 22.0. The Morgan fingerprint density at radius 2 is 1.75 bits per heavy atom. The van der Waals surface area contributed by atoms with Crippen molar-refractivity contribution in [2.75, 3.05) is 7.11 Å². The predicted molar refractivity (Wildman–Crippen MR) is 134 cm³/mol. The van der Waals surface area contributed by atoms with Crippen molar-refractivity contribution in [3.05, 3.63) is 107 Å². The van der Waals surface area contributed by atoms with E-state index in [2.05, 4.69) is 9.97 Å². The normalized spacial score (nSPS) is 14.8. The Morgan fingerprint density at radius 1 is 0.917 bits per heavy atom. The average Bonchev–Trinajstić information content (AvgIpc) is 3.48. The summed E-state index contributed by atoms with van der Waals surface area (Å²) in [6.45, 7) is 0.370. The summed E-state index contributed by atoms with van der Waals surface area (Å²) in [4.78, 5) is 39.2. The van der Waals surface area contributed by atoms with Crippen LogP contribution in [-0.4, -0.2) is 33.6 Å². The minimum absolute atomic E-state index is 0.248. The summed E-state index contributed by atoms with van der Waals surface area (Å²) in [6.07, 6.45) is 3.38. The Kier molecular flexibility index (Phi) is 5.30.